The summed E-state index contributed by atoms with van der Waals surface area (Å²) in [4.78, 5) is 18.3. The van der Waals surface area contributed by atoms with Gasteiger partial charge in [0.1, 0.15) is 5.71 Å². The van der Waals surface area contributed by atoms with E-state index in [4.69, 9.17) is 0 Å². The second kappa shape index (κ2) is 6.00. The number of carbonyl (C=O) groups is 1. The summed E-state index contributed by atoms with van der Waals surface area (Å²) < 4.78 is 0. The number of amides is 2. The summed E-state index contributed by atoms with van der Waals surface area (Å²) in [5, 5.41) is 11.7. The molecule has 2 amide bonds. The van der Waals surface area contributed by atoms with E-state index in [2.05, 4.69) is 4.99 Å². The van der Waals surface area contributed by atoms with Crippen LogP contribution >= 0.6 is 0 Å². The SMILES string of the molecule is O=C1N=C(c2ccccc2)C(O)(c2ccccc2)N1c1ccccc1. The van der Waals surface area contributed by atoms with Crippen molar-refractivity contribution in [3.8, 4) is 0 Å². The van der Waals surface area contributed by atoms with Crippen LogP contribution in [-0.4, -0.2) is 16.8 Å². The Morgan fingerprint density at radius 1 is 0.760 bits per heavy atom. The second-order valence-corrected chi connectivity index (χ2v) is 5.82. The molecular formula is C21H16N2O2. The highest BCUT2D eigenvalue weighted by Crippen LogP contribution is 2.39. The zero-order valence-corrected chi connectivity index (χ0v) is 13.4. The number of aliphatic hydroxyl groups is 1. The summed E-state index contributed by atoms with van der Waals surface area (Å²) in [7, 11) is 0. The van der Waals surface area contributed by atoms with Crippen molar-refractivity contribution in [2.75, 3.05) is 4.90 Å². The molecular weight excluding hydrogens is 312 g/mol. The van der Waals surface area contributed by atoms with Gasteiger partial charge in [-0.2, -0.15) is 4.99 Å². The van der Waals surface area contributed by atoms with Gasteiger partial charge in [-0.3, -0.25) is 4.90 Å². The van der Waals surface area contributed by atoms with Gasteiger partial charge in [-0.05, 0) is 12.1 Å². The number of aliphatic imine (C=N–C) groups is 1. The summed E-state index contributed by atoms with van der Waals surface area (Å²) in [5.41, 5.74) is 0.552. The Balaban J connectivity index is 1.94. The van der Waals surface area contributed by atoms with E-state index in [1.165, 1.54) is 4.90 Å². The van der Waals surface area contributed by atoms with Gasteiger partial charge in [0.15, 0.2) is 0 Å². The number of hydrogen-bond acceptors (Lipinski definition) is 2. The fourth-order valence-electron chi connectivity index (χ4n) is 3.14. The van der Waals surface area contributed by atoms with E-state index in [0.29, 0.717) is 22.5 Å². The first-order valence-electron chi connectivity index (χ1n) is 8.03. The molecule has 25 heavy (non-hydrogen) atoms. The van der Waals surface area contributed by atoms with Crippen molar-refractivity contribution >= 4 is 17.4 Å². The highest BCUT2D eigenvalue weighted by molar-refractivity contribution is 6.22. The van der Waals surface area contributed by atoms with Crippen LogP contribution in [-0.2, 0) is 5.72 Å². The maximum absolute atomic E-state index is 12.7. The molecule has 1 aliphatic rings. The van der Waals surface area contributed by atoms with Gasteiger partial charge in [0, 0.05) is 16.8 Å². The van der Waals surface area contributed by atoms with E-state index in [9.17, 15) is 9.90 Å². The van der Waals surface area contributed by atoms with E-state index in [1.807, 2.05) is 66.7 Å². The molecule has 0 fully saturated rings. The molecule has 0 radical (unpaired) electrons. The lowest BCUT2D eigenvalue weighted by atomic mass is 9.92. The first kappa shape index (κ1) is 15.3. The average Bonchev–Trinajstić information content (AvgIpc) is 2.95. The van der Waals surface area contributed by atoms with Crippen LogP contribution in [0, 0.1) is 0 Å². The van der Waals surface area contributed by atoms with Gasteiger partial charge in [0.05, 0.1) is 0 Å². The summed E-state index contributed by atoms with van der Waals surface area (Å²) in [6.45, 7) is 0. The van der Waals surface area contributed by atoms with Crippen LogP contribution < -0.4 is 4.90 Å². The van der Waals surface area contributed by atoms with Crippen LogP contribution in [0.25, 0.3) is 0 Å². The van der Waals surface area contributed by atoms with Gasteiger partial charge in [0.25, 0.3) is 0 Å². The Labute approximate surface area is 145 Å². The molecule has 4 rings (SSSR count). The largest absolute Gasteiger partial charge is 0.362 e. The predicted molar refractivity (Wildman–Crippen MR) is 97.6 cm³/mol. The maximum Gasteiger partial charge on any atom is 0.351 e. The molecule has 1 unspecified atom stereocenters. The molecule has 1 N–H and O–H groups in total. The highest BCUT2D eigenvalue weighted by atomic mass is 16.3. The second-order valence-electron chi connectivity index (χ2n) is 5.82. The number of carbonyl (C=O) groups excluding carboxylic acids is 1. The third-order valence-corrected chi connectivity index (χ3v) is 4.29. The van der Waals surface area contributed by atoms with Gasteiger partial charge in [0.2, 0.25) is 5.72 Å². The third kappa shape index (κ3) is 2.44. The molecule has 122 valence electrons. The lowest BCUT2D eigenvalue weighted by Gasteiger charge is -2.34. The normalized spacial score (nSPS) is 19.8. The zero-order chi connectivity index (χ0) is 17.3. The maximum atomic E-state index is 12.7. The van der Waals surface area contributed by atoms with Crippen LogP contribution in [0.4, 0.5) is 10.5 Å². The van der Waals surface area contributed by atoms with Gasteiger partial charge in [-0.25, -0.2) is 4.79 Å². The van der Waals surface area contributed by atoms with Gasteiger partial charge in [-0.15, -0.1) is 0 Å². The Kier molecular flexibility index (Phi) is 3.67. The van der Waals surface area contributed by atoms with Crippen molar-refractivity contribution in [3.63, 3.8) is 0 Å². The van der Waals surface area contributed by atoms with Crippen LogP contribution in [0.15, 0.2) is 96.0 Å². The van der Waals surface area contributed by atoms with E-state index in [-0.39, 0.29) is 0 Å². The lowest BCUT2D eigenvalue weighted by Crippen LogP contribution is -2.49. The quantitative estimate of drug-likeness (QED) is 0.791. The number of anilines is 1. The van der Waals surface area contributed by atoms with E-state index in [0.717, 1.165) is 0 Å². The first-order valence-corrected chi connectivity index (χ1v) is 8.03. The number of para-hydroxylation sites is 1. The van der Waals surface area contributed by atoms with Crippen molar-refractivity contribution in [1.29, 1.82) is 0 Å². The van der Waals surface area contributed by atoms with Crippen LogP contribution in [0.2, 0.25) is 0 Å². The number of rotatable bonds is 3. The molecule has 0 spiro atoms. The Morgan fingerprint density at radius 2 is 1.28 bits per heavy atom. The lowest BCUT2D eigenvalue weighted by molar-refractivity contribution is 0.120. The van der Waals surface area contributed by atoms with E-state index >= 15 is 0 Å². The highest BCUT2D eigenvalue weighted by Gasteiger charge is 2.50. The van der Waals surface area contributed by atoms with Gasteiger partial charge >= 0.3 is 6.03 Å². The molecule has 4 heteroatoms. The van der Waals surface area contributed by atoms with Crippen LogP contribution in [0.3, 0.4) is 0 Å². The predicted octanol–water partition coefficient (Wildman–Crippen LogP) is 3.96. The van der Waals surface area contributed by atoms with Crippen LogP contribution in [0.1, 0.15) is 11.1 Å². The minimum Gasteiger partial charge on any atom is -0.362 e. The van der Waals surface area contributed by atoms with Crippen LogP contribution in [0.5, 0.6) is 0 Å². The number of benzene rings is 3. The molecule has 1 aliphatic heterocycles. The standard InChI is InChI=1S/C21H16N2O2/c24-20-22-19(16-10-4-1-5-11-16)21(25,17-12-6-2-7-13-17)23(20)18-14-8-3-9-15-18/h1-15,25H. The fourth-order valence-corrected chi connectivity index (χ4v) is 3.14. The Bertz CT molecular complexity index is 924. The first-order chi connectivity index (χ1) is 12.2. The number of nitrogens with zero attached hydrogens (tertiary/aromatic N) is 2. The van der Waals surface area contributed by atoms with Gasteiger partial charge in [-0.1, -0.05) is 78.9 Å². The monoisotopic (exact) mass is 328 g/mol. The molecule has 1 heterocycles. The summed E-state index contributed by atoms with van der Waals surface area (Å²) in [5.74, 6) is 0. The topological polar surface area (TPSA) is 52.9 Å². The number of hydrogen-bond donors (Lipinski definition) is 1. The van der Waals surface area contributed by atoms with Crippen molar-refractivity contribution in [1.82, 2.24) is 0 Å². The zero-order valence-electron chi connectivity index (χ0n) is 13.4. The Hall–Kier alpha value is -3.24. The number of urea groups is 1. The van der Waals surface area contributed by atoms with Crippen molar-refractivity contribution < 1.29 is 9.90 Å². The molecule has 0 aliphatic carbocycles. The van der Waals surface area contributed by atoms with Crippen molar-refractivity contribution in [3.05, 3.63) is 102 Å². The molecule has 3 aromatic rings. The molecule has 3 aromatic carbocycles. The molecule has 4 nitrogen and oxygen atoms in total. The summed E-state index contributed by atoms with van der Waals surface area (Å²) in [6, 6.07) is 27.0. The minimum atomic E-state index is -1.67. The van der Waals surface area contributed by atoms with Crippen molar-refractivity contribution in [2.24, 2.45) is 4.99 Å². The molecule has 0 saturated carbocycles. The molecule has 0 aromatic heterocycles. The summed E-state index contributed by atoms with van der Waals surface area (Å²) in [6.07, 6.45) is 0. The fraction of sp³-hybridized carbons (Fsp3) is 0.0476. The smallest absolute Gasteiger partial charge is 0.351 e. The summed E-state index contributed by atoms with van der Waals surface area (Å²) >= 11 is 0. The molecule has 0 bridgehead atoms. The average molecular weight is 328 g/mol. The Morgan fingerprint density at radius 3 is 1.88 bits per heavy atom. The van der Waals surface area contributed by atoms with Gasteiger partial charge < -0.3 is 5.11 Å². The van der Waals surface area contributed by atoms with E-state index in [1.54, 1.807) is 24.3 Å². The van der Waals surface area contributed by atoms with E-state index < -0.39 is 11.8 Å². The third-order valence-electron chi connectivity index (χ3n) is 4.29. The van der Waals surface area contributed by atoms with Crippen molar-refractivity contribution in [2.45, 2.75) is 5.72 Å². The molecule has 0 saturated heterocycles. The molecule has 1 atom stereocenters. The minimum absolute atomic E-state index is 0.327.